The van der Waals surface area contributed by atoms with Gasteiger partial charge in [-0.1, -0.05) is 12.1 Å². The van der Waals surface area contributed by atoms with Gasteiger partial charge >= 0.3 is 0 Å². The van der Waals surface area contributed by atoms with Gasteiger partial charge in [0.05, 0.1) is 23.6 Å². The zero-order chi connectivity index (χ0) is 13.4. The number of β-amino-alcohol motifs (C(OH)–C–C–N with tert-alkyl or cyclic N) is 2. The molecule has 1 aromatic carbocycles. The lowest BCUT2D eigenvalue weighted by Crippen LogP contribution is -2.47. The van der Waals surface area contributed by atoms with E-state index in [0.29, 0.717) is 6.54 Å². The quantitative estimate of drug-likeness (QED) is 0.547. The first kappa shape index (κ1) is 12.3. The molecule has 1 fully saturated rings. The predicted molar refractivity (Wildman–Crippen MR) is 70.9 cm³/mol. The molecule has 0 aliphatic carbocycles. The van der Waals surface area contributed by atoms with Crippen LogP contribution in [0, 0.1) is 0 Å². The summed E-state index contributed by atoms with van der Waals surface area (Å²) < 4.78 is 0. The molecule has 2 aliphatic rings. The van der Waals surface area contributed by atoms with Crippen molar-refractivity contribution >= 4 is 17.3 Å². The lowest BCUT2D eigenvalue weighted by Gasteiger charge is -2.30. The van der Waals surface area contributed by atoms with E-state index in [1.54, 1.807) is 0 Å². The number of nitrogens with one attached hydrogen (secondary N) is 2. The molecule has 0 spiro atoms. The number of aliphatic hydroxyl groups is 2. The van der Waals surface area contributed by atoms with Crippen LogP contribution in [-0.4, -0.2) is 58.9 Å². The highest BCUT2D eigenvalue weighted by atomic mass is 16.3. The second-order valence-electron chi connectivity index (χ2n) is 5.00. The maximum absolute atomic E-state index is 12.3. The lowest BCUT2D eigenvalue weighted by molar-refractivity contribution is -0.131. The molecule has 1 saturated heterocycles. The Balaban J connectivity index is 1.70. The van der Waals surface area contributed by atoms with Gasteiger partial charge in [0, 0.05) is 19.6 Å². The van der Waals surface area contributed by atoms with Gasteiger partial charge < -0.3 is 25.7 Å². The summed E-state index contributed by atoms with van der Waals surface area (Å²) in [6.45, 7) is 0.887. The summed E-state index contributed by atoms with van der Waals surface area (Å²) >= 11 is 0. The van der Waals surface area contributed by atoms with Crippen LogP contribution in [0.1, 0.15) is 0 Å². The molecule has 1 aromatic rings. The summed E-state index contributed by atoms with van der Waals surface area (Å²) in [6, 6.07) is 7.33. The fourth-order valence-corrected chi connectivity index (χ4v) is 2.53. The first-order chi connectivity index (χ1) is 9.15. The van der Waals surface area contributed by atoms with E-state index < -0.39 is 12.2 Å². The van der Waals surface area contributed by atoms with Crippen molar-refractivity contribution in [3.8, 4) is 0 Å². The number of benzene rings is 1. The van der Waals surface area contributed by atoms with E-state index in [1.807, 2.05) is 24.3 Å². The van der Waals surface area contributed by atoms with E-state index in [4.69, 9.17) is 0 Å². The standard InChI is InChI=1S/C13H17N3O3/c17-11-6-16(7-12(11)18)13(19)10-5-14-8-3-1-2-4-9(8)15-10/h1-4,10-12,14-15,17-18H,5-7H2. The van der Waals surface area contributed by atoms with Gasteiger partial charge in [-0.05, 0) is 12.1 Å². The number of carbonyl (C=O) groups is 1. The predicted octanol–water partition coefficient (Wildman–Crippen LogP) is -0.543. The minimum absolute atomic E-state index is 0.0994. The van der Waals surface area contributed by atoms with Crippen molar-refractivity contribution in [3.05, 3.63) is 24.3 Å². The van der Waals surface area contributed by atoms with Crippen LogP contribution in [0.3, 0.4) is 0 Å². The largest absolute Gasteiger partial charge is 0.388 e. The van der Waals surface area contributed by atoms with Crippen LogP contribution < -0.4 is 10.6 Å². The van der Waals surface area contributed by atoms with E-state index in [0.717, 1.165) is 11.4 Å². The third kappa shape index (κ3) is 2.24. The van der Waals surface area contributed by atoms with Crippen LogP contribution in [-0.2, 0) is 4.79 Å². The van der Waals surface area contributed by atoms with Crippen LogP contribution in [0.2, 0.25) is 0 Å². The SMILES string of the molecule is O=C(C1CNc2ccccc2N1)N1CC(O)C(O)C1. The Morgan fingerprint density at radius 1 is 1.16 bits per heavy atom. The van der Waals surface area contributed by atoms with Crippen LogP contribution in [0.5, 0.6) is 0 Å². The highest BCUT2D eigenvalue weighted by Gasteiger charge is 2.36. The fourth-order valence-electron chi connectivity index (χ4n) is 2.53. The van der Waals surface area contributed by atoms with E-state index in [1.165, 1.54) is 4.90 Å². The molecule has 3 rings (SSSR count). The molecule has 2 aliphatic heterocycles. The van der Waals surface area contributed by atoms with Crippen molar-refractivity contribution in [1.29, 1.82) is 0 Å². The van der Waals surface area contributed by atoms with E-state index >= 15 is 0 Å². The van der Waals surface area contributed by atoms with Gasteiger partial charge in [0.25, 0.3) is 0 Å². The number of anilines is 2. The Morgan fingerprint density at radius 3 is 2.47 bits per heavy atom. The number of rotatable bonds is 1. The van der Waals surface area contributed by atoms with Gasteiger partial charge in [-0.2, -0.15) is 0 Å². The van der Waals surface area contributed by atoms with Crippen molar-refractivity contribution in [3.63, 3.8) is 0 Å². The molecule has 6 nitrogen and oxygen atoms in total. The van der Waals surface area contributed by atoms with Crippen molar-refractivity contribution < 1.29 is 15.0 Å². The molecule has 6 heteroatoms. The number of hydrogen-bond donors (Lipinski definition) is 4. The highest BCUT2D eigenvalue weighted by molar-refractivity contribution is 5.89. The van der Waals surface area contributed by atoms with Gasteiger partial charge in [0.15, 0.2) is 0 Å². The average Bonchev–Trinajstić information content (AvgIpc) is 2.77. The molecular weight excluding hydrogens is 246 g/mol. The number of aliphatic hydroxyl groups excluding tert-OH is 2. The first-order valence-corrected chi connectivity index (χ1v) is 6.39. The first-order valence-electron chi connectivity index (χ1n) is 6.39. The van der Waals surface area contributed by atoms with E-state index in [9.17, 15) is 15.0 Å². The number of fused-ring (bicyclic) bond motifs is 1. The van der Waals surface area contributed by atoms with Crippen LogP contribution in [0.4, 0.5) is 11.4 Å². The van der Waals surface area contributed by atoms with Crippen molar-refractivity contribution in [1.82, 2.24) is 4.90 Å². The van der Waals surface area contributed by atoms with Crippen LogP contribution in [0.15, 0.2) is 24.3 Å². The summed E-state index contributed by atoms with van der Waals surface area (Å²) in [4.78, 5) is 13.8. The lowest BCUT2D eigenvalue weighted by atomic mass is 10.1. The number of likely N-dealkylation sites (tertiary alicyclic amines) is 1. The van der Waals surface area contributed by atoms with E-state index in [-0.39, 0.29) is 25.0 Å². The highest BCUT2D eigenvalue weighted by Crippen LogP contribution is 2.26. The zero-order valence-corrected chi connectivity index (χ0v) is 10.4. The molecule has 3 atom stereocenters. The van der Waals surface area contributed by atoms with Crippen LogP contribution >= 0.6 is 0 Å². The zero-order valence-electron chi connectivity index (χ0n) is 10.4. The van der Waals surface area contributed by atoms with Gasteiger partial charge in [-0.25, -0.2) is 0 Å². The minimum Gasteiger partial charge on any atom is -0.388 e. The number of carbonyl (C=O) groups excluding carboxylic acids is 1. The number of nitrogens with zero attached hydrogens (tertiary/aromatic N) is 1. The third-order valence-corrected chi connectivity index (χ3v) is 3.62. The molecule has 102 valence electrons. The molecule has 4 N–H and O–H groups in total. The molecule has 0 aromatic heterocycles. The molecule has 0 saturated carbocycles. The van der Waals surface area contributed by atoms with Crippen molar-refractivity contribution in [2.45, 2.75) is 18.2 Å². The third-order valence-electron chi connectivity index (χ3n) is 3.62. The second kappa shape index (κ2) is 4.71. The Morgan fingerprint density at radius 2 is 1.79 bits per heavy atom. The monoisotopic (exact) mass is 263 g/mol. The molecule has 2 heterocycles. The smallest absolute Gasteiger partial charge is 0.247 e. The van der Waals surface area contributed by atoms with Crippen LogP contribution in [0.25, 0.3) is 0 Å². The summed E-state index contributed by atoms with van der Waals surface area (Å²) in [5, 5.41) is 25.4. The number of hydrogen-bond acceptors (Lipinski definition) is 5. The topological polar surface area (TPSA) is 84.8 Å². The second-order valence-corrected chi connectivity index (χ2v) is 5.00. The Labute approximate surface area is 111 Å². The van der Waals surface area contributed by atoms with Crippen molar-refractivity contribution in [2.24, 2.45) is 0 Å². The minimum atomic E-state index is -0.840. The average molecular weight is 263 g/mol. The van der Waals surface area contributed by atoms with Crippen molar-refractivity contribution in [2.75, 3.05) is 30.3 Å². The molecular formula is C13H17N3O3. The number of amides is 1. The summed E-state index contributed by atoms with van der Waals surface area (Å²) in [6.07, 6.45) is -1.68. The Bertz CT molecular complexity index is 484. The maximum Gasteiger partial charge on any atom is 0.247 e. The normalized spacial score (nSPS) is 29.4. The Kier molecular flexibility index (Phi) is 3.04. The summed E-state index contributed by atoms with van der Waals surface area (Å²) in [5.41, 5.74) is 1.88. The van der Waals surface area contributed by atoms with Gasteiger partial charge in [-0.15, -0.1) is 0 Å². The van der Waals surface area contributed by atoms with Gasteiger partial charge in [0.1, 0.15) is 6.04 Å². The molecule has 1 amide bonds. The Hall–Kier alpha value is -1.79. The molecule has 3 unspecified atom stereocenters. The summed E-state index contributed by atoms with van der Waals surface area (Å²) in [5.74, 6) is -0.0994. The number of para-hydroxylation sites is 2. The fraction of sp³-hybridized carbons (Fsp3) is 0.462. The van der Waals surface area contributed by atoms with Gasteiger partial charge in [-0.3, -0.25) is 4.79 Å². The maximum atomic E-state index is 12.3. The molecule has 19 heavy (non-hydrogen) atoms. The molecule has 0 radical (unpaired) electrons. The summed E-state index contributed by atoms with van der Waals surface area (Å²) in [7, 11) is 0. The molecule has 0 bridgehead atoms. The van der Waals surface area contributed by atoms with E-state index in [2.05, 4.69) is 10.6 Å². The van der Waals surface area contributed by atoms with Gasteiger partial charge in [0.2, 0.25) is 5.91 Å².